The second-order valence-corrected chi connectivity index (χ2v) is 7.56. The van der Waals surface area contributed by atoms with Crippen LogP contribution in [0.2, 0.25) is 0 Å². The molecule has 0 radical (unpaired) electrons. The third-order valence-corrected chi connectivity index (χ3v) is 5.70. The molecule has 3 rings (SSSR count). The molecule has 0 saturated carbocycles. The maximum Gasteiger partial charge on any atom is 0.267 e. The minimum absolute atomic E-state index is 0.166. The van der Waals surface area contributed by atoms with E-state index in [1.54, 1.807) is 7.11 Å². The molecule has 3 aromatic rings. The van der Waals surface area contributed by atoms with Crippen LogP contribution in [0.15, 0.2) is 46.9 Å². The monoisotopic (exact) mass is 431 g/mol. The van der Waals surface area contributed by atoms with Gasteiger partial charge >= 0.3 is 0 Å². The van der Waals surface area contributed by atoms with Gasteiger partial charge in [-0.05, 0) is 49.7 Å². The molecule has 1 heterocycles. The number of aryl methyl sites for hydroxylation is 2. The van der Waals surface area contributed by atoms with Gasteiger partial charge in [-0.1, -0.05) is 33.3 Å². The second kappa shape index (κ2) is 7.88. The summed E-state index contributed by atoms with van der Waals surface area (Å²) in [6, 6.07) is 13.3. The Labute approximate surface area is 164 Å². The highest BCUT2D eigenvalue weighted by molar-refractivity contribution is 9.10. The SMILES string of the molecule is COc1cccc(Nc2nc(C)c(C(=O)Nc3ccc(Br)c(C)c3)s2)c1. The van der Waals surface area contributed by atoms with E-state index < -0.39 is 0 Å². The molecule has 2 N–H and O–H groups in total. The van der Waals surface area contributed by atoms with Crippen molar-refractivity contribution >= 4 is 49.7 Å². The van der Waals surface area contributed by atoms with Crippen molar-refractivity contribution in [2.45, 2.75) is 13.8 Å². The molecule has 0 saturated heterocycles. The van der Waals surface area contributed by atoms with Gasteiger partial charge in [-0.15, -0.1) is 0 Å². The number of hydrogen-bond acceptors (Lipinski definition) is 5. The molecule has 0 aliphatic heterocycles. The Morgan fingerprint density at radius 2 is 1.96 bits per heavy atom. The van der Waals surface area contributed by atoms with Crippen LogP contribution >= 0.6 is 27.3 Å². The summed E-state index contributed by atoms with van der Waals surface area (Å²) in [7, 11) is 1.62. The molecule has 0 fully saturated rings. The number of anilines is 3. The molecule has 2 aromatic carbocycles. The molecule has 0 aliphatic carbocycles. The van der Waals surface area contributed by atoms with Gasteiger partial charge in [0.2, 0.25) is 0 Å². The number of aromatic nitrogens is 1. The number of amides is 1. The molecule has 0 spiro atoms. The second-order valence-electron chi connectivity index (χ2n) is 5.71. The molecule has 5 nitrogen and oxygen atoms in total. The van der Waals surface area contributed by atoms with E-state index in [1.807, 2.05) is 56.3 Å². The molecular formula is C19H18BrN3O2S. The lowest BCUT2D eigenvalue weighted by atomic mass is 10.2. The van der Waals surface area contributed by atoms with Gasteiger partial charge in [0.1, 0.15) is 10.6 Å². The van der Waals surface area contributed by atoms with Gasteiger partial charge in [0.05, 0.1) is 12.8 Å². The predicted molar refractivity (Wildman–Crippen MR) is 110 cm³/mol. The van der Waals surface area contributed by atoms with Gasteiger partial charge in [-0.3, -0.25) is 4.79 Å². The van der Waals surface area contributed by atoms with Gasteiger partial charge < -0.3 is 15.4 Å². The van der Waals surface area contributed by atoms with Gasteiger partial charge in [0, 0.05) is 21.9 Å². The van der Waals surface area contributed by atoms with E-state index in [2.05, 4.69) is 31.5 Å². The standard InChI is InChI=1S/C19H18BrN3O2S/c1-11-9-14(7-8-16(11)20)22-18(24)17-12(2)21-19(26-17)23-13-5-4-6-15(10-13)25-3/h4-10H,1-3H3,(H,21,23)(H,22,24). The van der Waals surface area contributed by atoms with Crippen LogP contribution in [0.25, 0.3) is 0 Å². The summed E-state index contributed by atoms with van der Waals surface area (Å²) in [5, 5.41) is 6.80. The van der Waals surface area contributed by atoms with E-state index in [-0.39, 0.29) is 5.91 Å². The summed E-state index contributed by atoms with van der Waals surface area (Å²) in [5.41, 5.74) is 3.36. The summed E-state index contributed by atoms with van der Waals surface area (Å²) < 4.78 is 6.23. The molecule has 0 atom stereocenters. The molecule has 7 heteroatoms. The van der Waals surface area contributed by atoms with Gasteiger partial charge in [-0.25, -0.2) is 4.98 Å². The molecule has 26 heavy (non-hydrogen) atoms. The summed E-state index contributed by atoms with van der Waals surface area (Å²) in [4.78, 5) is 17.6. The van der Waals surface area contributed by atoms with Crippen molar-refractivity contribution in [2.75, 3.05) is 17.7 Å². The molecule has 0 unspecified atom stereocenters. The molecule has 0 bridgehead atoms. The molecule has 1 aromatic heterocycles. The number of halogens is 1. The first-order chi connectivity index (χ1) is 12.5. The normalized spacial score (nSPS) is 10.5. The maximum absolute atomic E-state index is 12.6. The van der Waals surface area contributed by atoms with Crippen molar-refractivity contribution in [3.05, 3.63) is 63.1 Å². The van der Waals surface area contributed by atoms with Crippen LogP contribution in [0.1, 0.15) is 20.9 Å². The number of nitrogens with one attached hydrogen (secondary N) is 2. The van der Waals surface area contributed by atoms with Gasteiger partial charge in [-0.2, -0.15) is 0 Å². The number of nitrogens with zero attached hydrogens (tertiary/aromatic N) is 1. The highest BCUT2D eigenvalue weighted by Crippen LogP contribution is 2.28. The average Bonchev–Trinajstić information content (AvgIpc) is 2.98. The smallest absolute Gasteiger partial charge is 0.267 e. The predicted octanol–water partition coefficient (Wildman–Crippen LogP) is 5.53. The van der Waals surface area contributed by atoms with Crippen LogP contribution in [-0.2, 0) is 0 Å². The molecule has 134 valence electrons. The van der Waals surface area contributed by atoms with Crippen LogP contribution < -0.4 is 15.4 Å². The first kappa shape index (κ1) is 18.4. The van der Waals surface area contributed by atoms with Crippen LogP contribution in [-0.4, -0.2) is 18.0 Å². The zero-order valence-electron chi connectivity index (χ0n) is 14.6. The lowest BCUT2D eigenvalue weighted by Gasteiger charge is -2.06. The number of rotatable bonds is 5. The van der Waals surface area contributed by atoms with Crippen molar-refractivity contribution in [1.29, 1.82) is 0 Å². The average molecular weight is 432 g/mol. The summed E-state index contributed by atoms with van der Waals surface area (Å²) >= 11 is 4.78. The summed E-state index contributed by atoms with van der Waals surface area (Å²) in [5.74, 6) is 0.590. The van der Waals surface area contributed by atoms with Crippen LogP contribution in [0, 0.1) is 13.8 Å². The van der Waals surface area contributed by atoms with Gasteiger partial charge in [0.25, 0.3) is 5.91 Å². The van der Waals surface area contributed by atoms with Crippen molar-refractivity contribution in [3.63, 3.8) is 0 Å². The summed E-state index contributed by atoms with van der Waals surface area (Å²) in [6.45, 7) is 3.81. The van der Waals surface area contributed by atoms with E-state index in [4.69, 9.17) is 4.74 Å². The Bertz CT molecular complexity index is 956. The van der Waals surface area contributed by atoms with E-state index in [9.17, 15) is 4.79 Å². The fourth-order valence-corrected chi connectivity index (χ4v) is 3.52. The minimum atomic E-state index is -0.166. The third kappa shape index (κ3) is 4.23. The highest BCUT2D eigenvalue weighted by Gasteiger charge is 2.16. The van der Waals surface area contributed by atoms with Crippen molar-refractivity contribution in [2.24, 2.45) is 0 Å². The number of hydrogen-bond donors (Lipinski definition) is 2. The Morgan fingerprint density at radius 3 is 2.69 bits per heavy atom. The van der Waals surface area contributed by atoms with E-state index >= 15 is 0 Å². The Hall–Kier alpha value is -2.38. The first-order valence-corrected chi connectivity index (χ1v) is 9.53. The lowest BCUT2D eigenvalue weighted by molar-refractivity contribution is 0.103. The van der Waals surface area contributed by atoms with Gasteiger partial charge in [0.15, 0.2) is 5.13 Å². The van der Waals surface area contributed by atoms with E-state index in [0.717, 1.165) is 27.2 Å². The van der Waals surface area contributed by atoms with Crippen molar-refractivity contribution in [3.8, 4) is 5.75 Å². The number of ether oxygens (including phenoxy) is 1. The van der Waals surface area contributed by atoms with Crippen LogP contribution in [0.5, 0.6) is 5.75 Å². The topological polar surface area (TPSA) is 63.2 Å². The number of benzene rings is 2. The number of thiazole rings is 1. The number of carbonyl (C=O) groups is 1. The molecule has 0 aliphatic rings. The highest BCUT2D eigenvalue weighted by atomic mass is 79.9. The fraction of sp³-hybridized carbons (Fsp3) is 0.158. The fourth-order valence-electron chi connectivity index (χ4n) is 2.40. The number of methoxy groups -OCH3 is 1. The Balaban J connectivity index is 1.76. The van der Waals surface area contributed by atoms with E-state index in [0.29, 0.717) is 15.7 Å². The zero-order chi connectivity index (χ0) is 18.7. The van der Waals surface area contributed by atoms with Crippen LogP contribution in [0.4, 0.5) is 16.5 Å². The van der Waals surface area contributed by atoms with Crippen LogP contribution in [0.3, 0.4) is 0 Å². The third-order valence-electron chi connectivity index (χ3n) is 3.74. The first-order valence-electron chi connectivity index (χ1n) is 7.92. The Kier molecular flexibility index (Phi) is 5.58. The maximum atomic E-state index is 12.6. The van der Waals surface area contributed by atoms with Crippen molar-refractivity contribution in [1.82, 2.24) is 4.98 Å². The number of carbonyl (C=O) groups excluding carboxylic acids is 1. The molecular weight excluding hydrogens is 414 g/mol. The summed E-state index contributed by atoms with van der Waals surface area (Å²) in [6.07, 6.45) is 0. The Morgan fingerprint density at radius 1 is 1.15 bits per heavy atom. The van der Waals surface area contributed by atoms with E-state index in [1.165, 1.54) is 11.3 Å². The quantitative estimate of drug-likeness (QED) is 0.557. The zero-order valence-corrected chi connectivity index (χ0v) is 17.0. The van der Waals surface area contributed by atoms with Crippen molar-refractivity contribution < 1.29 is 9.53 Å². The lowest BCUT2D eigenvalue weighted by Crippen LogP contribution is -2.11. The molecule has 1 amide bonds. The minimum Gasteiger partial charge on any atom is -0.497 e. The largest absolute Gasteiger partial charge is 0.497 e.